The molecule has 1 aliphatic rings. The SMILES string of the molecule is CCC(O)CCNC1CCN(C(=O)OC(C)(C)C)CC1. The van der Waals surface area contributed by atoms with Gasteiger partial charge in [-0.1, -0.05) is 6.92 Å². The van der Waals surface area contributed by atoms with Crippen LogP contribution < -0.4 is 5.32 Å². The lowest BCUT2D eigenvalue weighted by atomic mass is 10.0. The second-order valence-corrected chi connectivity index (χ2v) is 6.55. The summed E-state index contributed by atoms with van der Waals surface area (Å²) in [6.45, 7) is 9.97. The topological polar surface area (TPSA) is 61.8 Å². The third-order valence-corrected chi connectivity index (χ3v) is 3.53. The van der Waals surface area contributed by atoms with Crippen molar-refractivity contribution in [3.63, 3.8) is 0 Å². The summed E-state index contributed by atoms with van der Waals surface area (Å²) in [5.41, 5.74) is -0.428. The molecule has 0 aromatic carbocycles. The van der Waals surface area contributed by atoms with Crippen LogP contribution in [0.25, 0.3) is 0 Å². The second kappa shape index (κ2) is 7.84. The van der Waals surface area contributed by atoms with Gasteiger partial charge in [-0.2, -0.15) is 0 Å². The highest BCUT2D eigenvalue weighted by molar-refractivity contribution is 5.68. The van der Waals surface area contributed by atoms with Gasteiger partial charge in [-0.05, 0) is 53.0 Å². The van der Waals surface area contributed by atoms with Gasteiger partial charge in [0.2, 0.25) is 0 Å². The average Bonchev–Trinajstić information content (AvgIpc) is 2.37. The van der Waals surface area contributed by atoms with E-state index in [2.05, 4.69) is 5.32 Å². The van der Waals surface area contributed by atoms with Gasteiger partial charge >= 0.3 is 6.09 Å². The Morgan fingerprint density at radius 3 is 2.50 bits per heavy atom. The molecule has 0 spiro atoms. The van der Waals surface area contributed by atoms with Crippen molar-refractivity contribution in [2.75, 3.05) is 19.6 Å². The molecule has 0 bridgehead atoms. The van der Waals surface area contributed by atoms with Crippen LogP contribution in [-0.4, -0.2) is 53.5 Å². The Labute approximate surface area is 122 Å². The van der Waals surface area contributed by atoms with Crippen LogP contribution >= 0.6 is 0 Å². The van der Waals surface area contributed by atoms with Gasteiger partial charge in [0.15, 0.2) is 0 Å². The van der Waals surface area contributed by atoms with Crippen molar-refractivity contribution in [3.05, 3.63) is 0 Å². The molecule has 0 saturated carbocycles. The van der Waals surface area contributed by atoms with Crippen molar-refractivity contribution in [2.45, 2.75) is 71.1 Å². The standard InChI is InChI=1S/C15H30N2O3/c1-5-13(18)6-9-16-12-7-10-17(11-8-12)14(19)20-15(2,3)4/h12-13,16,18H,5-11H2,1-4H3. The third-order valence-electron chi connectivity index (χ3n) is 3.53. The van der Waals surface area contributed by atoms with Gasteiger partial charge in [0.1, 0.15) is 5.60 Å². The Bertz CT molecular complexity index is 294. The van der Waals surface area contributed by atoms with Crippen LogP contribution in [0.2, 0.25) is 0 Å². The summed E-state index contributed by atoms with van der Waals surface area (Å²) in [5, 5.41) is 13.0. The van der Waals surface area contributed by atoms with Crippen LogP contribution in [0.5, 0.6) is 0 Å². The minimum absolute atomic E-state index is 0.204. The Morgan fingerprint density at radius 2 is 2.00 bits per heavy atom. The van der Waals surface area contributed by atoms with Gasteiger partial charge in [0.25, 0.3) is 0 Å². The number of aliphatic hydroxyl groups excluding tert-OH is 1. The van der Waals surface area contributed by atoms with E-state index in [0.717, 1.165) is 45.3 Å². The summed E-state index contributed by atoms with van der Waals surface area (Å²) < 4.78 is 5.37. The van der Waals surface area contributed by atoms with E-state index in [1.165, 1.54) is 0 Å². The van der Waals surface area contributed by atoms with Crippen LogP contribution in [0, 0.1) is 0 Å². The molecule has 1 aliphatic heterocycles. The molecule has 1 saturated heterocycles. The number of piperidine rings is 1. The number of carbonyl (C=O) groups excluding carboxylic acids is 1. The predicted molar refractivity (Wildman–Crippen MR) is 79.7 cm³/mol. The van der Waals surface area contributed by atoms with E-state index in [9.17, 15) is 9.90 Å². The lowest BCUT2D eigenvalue weighted by molar-refractivity contribution is 0.0198. The fourth-order valence-corrected chi connectivity index (χ4v) is 2.25. The fourth-order valence-electron chi connectivity index (χ4n) is 2.25. The fraction of sp³-hybridized carbons (Fsp3) is 0.933. The number of ether oxygens (including phenoxy) is 1. The molecule has 20 heavy (non-hydrogen) atoms. The Balaban J connectivity index is 2.21. The molecule has 0 aromatic rings. The first-order valence-corrected chi connectivity index (χ1v) is 7.71. The van der Waals surface area contributed by atoms with Gasteiger partial charge in [-0.3, -0.25) is 0 Å². The molecule has 0 aromatic heterocycles. The maximum atomic E-state index is 11.9. The molecule has 1 unspecified atom stereocenters. The number of rotatable bonds is 5. The first kappa shape index (κ1) is 17.2. The number of aliphatic hydroxyl groups is 1. The number of carbonyl (C=O) groups is 1. The van der Waals surface area contributed by atoms with E-state index in [1.807, 2.05) is 27.7 Å². The predicted octanol–water partition coefficient (Wildman–Crippen LogP) is 2.14. The van der Waals surface area contributed by atoms with E-state index in [4.69, 9.17) is 4.74 Å². The minimum Gasteiger partial charge on any atom is -0.444 e. The average molecular weight is 286 g/mol. The molecule has 1 atom stereocenters. The van der Waals surface area contributed by atoms with E-state index >= 15 is 0 Å². The summed E-state index contributed by atoms with van der Waals surface area (Å²) >= 11 is 0. The van der Waals surface area contributed by atoms with Crippen LogP contribution in [0.15, 0.2) is 0 Å². The lowest BCUT2D eigenvalue weighted by Gasteiger charge is -2.33. The van der Waals surface area contributed by atoms with E-state index < -0.39 is 5.60 Å². The monoisotopic (exact) mass is 286 g/mol. The van der Waals surface area contributed by atoms with Gasteiger partial charge < -0.3 is 20.1 Å². The van der Waals surface area contributed by atoms with Crippen molar-refractivity contribution in [3.8, 4) is 0 Å². The van der Waals surface area contributed by atoms with Crippen LogP contribution in [0.3, 0.4) is 0 Å². The van der Waals surface area contributed by atoms with Crippen molar-refractivity contribution in [1.82, 2.24) is 10.2 Å². The van der Waals surface area contributed by atoms with Crippen molar-refractivity contribution in [1.29, 1.82) is 0 Å². The van der Waals surface area contributed by atoms with E-state index in [0.29, 0.717) is 6.04 Å². The number of likely N-dealkylation sites (tertiary alicyclic amines) is 1. The van der Waals surface area contributed by atoms with Crippen molar-refractivity contribution < 1.29 is 14.6 Å². The maximum Gasteiger partial charge on any atom is 0.410 e. The molecule has 5 heteroatoms. The number of nitrogens with one attached hydrogen (secondary N) is 1. The highest BCUT2D eigenvalue weighted by atomic mass is 16.6. The van der Waals surface area contributed by atoms with Gasteiger partial charge in [-0.15, -0.1) is 0 Å². The molecule has 1 rings (SSSR count). The third kappa shape index (κ3) is 6.57. The molecule has 1 amide bonds. The summed E-state index contributed by atoms with van der Waals surface area (Å²) in [7, 11) is 0. The second-order valence-electron chi connectivity index (χ2n) is 6.55. The molecule has 0 radical (unpaired) electrons. The maximum absolute atomic E-state index is 11.9. The zero-order valence-corrected chi connectivity index (χ0v) is 13.3. The molecule has 2 N–H and O–H groups in total. The van der Waals surface area contributed by atoms with Gasteiger partial charge in [0, 0.05) is 19.1 Å². The number of hydrogen-bond acceptors (Lipinski definition) is 4. The molecular formula is C15H30N2O3. The quantitative estimate of drug-likeness (QED) is 0.813. The summed E-state index contributed by atoms with van der Waals surface area (Å²) in [6, 6.07) is 0.442. The normalized spacial score (nSPS) is 18.9. The molecule has 1 heterocycles. The molecule has 0 aliphatic carbocycles. The highest BCUT2D eigenvalue weighted by Gasteiger charge is 2.26. The van der Waals surface area contributed by atoms with Crippen LogP contribution in [0.1, 0.15) is 53.4 Å². The molecule has 5 nitrogen and oxygen atoms in total. The smallest absolute Gasteiger partial charge is 0.410 e. The van der Waals surface area contributed by atoms with Crippen molar-refractivity contribution in [2.24, 2.45) is 0 Å². The van der Waals surface area contributed by atoms with E-state index in [-0.39, 0.29) is 12.2 Å². The summed E-state index contributed by atoms with van der Waals surface area (Å²) in [6.07, 6.45) is 3.08. The molecular weight excluding hydrogens is 256 g/mol. The molecule has 118 valence electrons. The van der Waals surface area contributed by atoms with Crippen LogP contribution in [0.4, 0.5) is 4.79 Å². The number of amides is 1. The van der Waals surface area contributed by atoms with E-state index in [1.54, 1.807) is 4.90 Å². The van der Waals surface area contributed by atoms with Crippen molar-refractivity contribution >= 4 is 6.09 Å². The Kier molecular flexibility index (Phi) is 6.76. The zero-order chi connectivity index (χ0) is 15.2. The minimum atomic E-state index is -0.428. The number of hydrogen-bond donors (Lipinski definition) is 2. The lowest BCUT2D eigenvalue weighted by Crippen LogP contribution is -2.46. The Morgan fingerprint density at radius 1 is 1.40 bits per heavy atom. The first-order valence-electron chi connectivity index (χ1n) is 7.71. The number of nitrogens with zero attached hydrogens (tertiary/aromatic N) is 1. The Hall–Kier alpha value is -0.810. The zero-order valence-electron chi connectivity index (χ0n) is 13.3. The van der Waals surface area contributed by atoms with Gasteiger partial charge in [0.05, 0.1) is 6.10 Å². The summed E-state index contributed by atoms with van der Waals surface area (Å²) in [4.78, 5) is 13.7. The summed E-state index contributed by atoms with van der Waals surface area (Å²) in [5.74, 6) is 0. The first-order chi connectivity index (χ1) is 9.31. The van der Waals surface area contributed by atoms with Gasteiger partial charge in [-0.25, -0.2) is 4.79 Å². The van der Waals surface area contributed by atoms with Crippen LogP contribution in [-0.2, 0) is 4.74 Å². The highest BCUT2D eigenvalue weighted by Crippen LogP contribution is 2.15. The molecule has 1 fully saturated rings. The largest absolute Gasteiger partial charge is 0.444 e.